The lowest BCUT2D eigenvalue weighted by molar-refractivity contribution is -0.119. The van der Waals surface area contributed by atoms with Crippen molar-refractivity contribution in [2.24, 2.45) is 0 Å². The molecule has 1 heterocycles. The smallest absolute Gasteiger partial charge is 0.119 e. The summed E-state index contributed by atoms with van der Waals surface area (Å²) in [5.41, 5.74) is 0. The molecule has 0 spiro atoms. The molecule has 0 unspecified atom stereocenters. The van der Waals surface area contributed by atoms with Gasteiger partial charge < -0.3 is 19.7 Å². The highest BCUT2D eigenvalue weighted by Gasteiger charge is 2.36. The highest BCUT2D eigenvalue weighted by atomic mass is 16.5. The van der Waals surface area contributed by atoms with E-state index in [2.05, 4.69) is 4.90 Å². The first-order valence-electron chi connectivity index (χ1n) is 7.32. The van der Waals surface area contributed by atoms with Crippen LogP contribution in [-0.4, -0.2) is 66.0 Å². The molecular weight excluding hydrogens is 246 g/mol. The molecule has 2 N–H and O–H groups in total. The van der Waals surface area contributed by atoms with Crippen molar-refractivity contribution >= 4 is 6.29 Å². The second-order valence-corrected chi connectivity index (χ2v) is 5.08. The average Bonchev–Trinajstić information content (AvgIpc) is 2.42. The number of nitrogens with zero attached hydrogens (tertiary/aromatic N) is 1. The zero-order valence-electron chi connectivity index (χ0n) is 11.8. The van der Waals surface area contributed by atoms with E-state index in [0.29, 0.717) is 19.4 Å². The van der Waals surface area contributed by atoms with Gasteiger partial charge in [-0.25, -0.2) is 0 Å². The van der Waals surface area contributed by atoms with E-state index in [1.165, 1.54) is 0 Å². The maximum atomic E-state index is 10.2. The lowest BCUT2D eigenvalue weighted by Crippen LogP contribution is -2.57. The molecule has 1 rings (SSSR count). The number of carbonyl (C=O) groups is 1. The molecule has 19 heavy (non-hydrogen) atoms. The number of piperidine rings is 1. The Kier molecular flexibility index (Phi) is 8.21. The molecule has 5 nitrogen and oxygen atoms in total. The Bertz CT molecular complexity index is 250. The molecule has 0 bridgehead atoms. The minimum atomic E-state index is -0.483. The van der Waals surface area contributed by atoms with Crippen molar-refractivity contribution < 1.29 is 19.7 Å². The van der Waals surface area contributed by atoms with Crippen LogP contribution >= 0.6 is 0 Å². The molecule has 0 amide bonds. The molecule has 0 aliphatic carbocycles. The topological polar surface area (TPSA) is 70.0 Å². The fourth-order valence-electron chi connectivity index (χ4n) is 2.72. The van der Waals surface area contributed by atoms with Gasteiger partial charge in [0.15, 0.2) is 0 Å². The van der Waals surface area contributed by atoms with Gasteiger partial charge in [0.25, 0.3) is 0 Å². The van der Waals surface area contributed by atoms with E-state index in [0.717, 1.165) is 38.6 Å². The number of aldehydes is 1. The van der Waals surface area contributed by atoms with Crippen LogP contribution < -0.4 is 0 Å². The lowest BCUT2D eigenvalue weighted by atomic mass is 9.95. The Morgan fingerprint density at radius 3 is 2.79 bits per heavy atom. The summed E-state index contributed by atoms with van der Waals surface area (Å²) >= 11 is 0. The van der Waals surface area contributed by atoms with E-state index in [1.807, 2.05) is 6.92 Å². The first-order valence-corrected chi connectivity index (χ1v) is 7.32. The van der Waals surface area contributed by atoms with Crippen molar-refractivity contribution in [3.05, 3.63) is 0 Å². The van der Waals surface area contributed by atoms with Gasteiger partial charge >= 0.3 is 0 Å². The van der Waals surface area contributed by atoms with E-state index in [1.54, 1.807) is 0 Å². The highest BCUT2D eigenvalue weighted by molar-refractivity contribution is 5.48. The summed E-state index contributed by atoms with van der Waals surface area (Å²) in [6, 6.07) is -0.116. The molecular formula is C14H27NO4. The molecule has 0 aromatic heterocycles. The predicted octanol–water partition coefficient (Wildman–Crippen LogP) is 0.578. The lowest BCUT2D eigenvalue weighted by Gasteiger charge is -2.42. The normalized spacial score (nSPS) is 28.5. The molecule has 1 fully saturated rings. The van der Waals surface area contributed by atoms with Crippen LogP contribution in [0.3, 0.4) is 0 Å². The molecule has 112 valence electrons. The molecule has 3 atom stereocenters. The summed E-state index contributed by atoms with van der Waals surface area (Å²) in [5, 5.41) is 19.5. The summed E-state index contributed by atoms with van der Waals surface area (Å²) in [5.74, 6) is 0. The van der Waals surface area contributed by atoms with E-state index in [-0.39, 0.29) is 18.8 Å². The van der Waals surface area contributed by atoms with Crippen LogP contribution in [0.15, 0.2) is 0 Å². The third-order valence-electron chi connectivity index (χ3n) is 3.75. The summed E-state index contributed by atoms with van der Waals surface area (Å²) in [7, 11) is 0. The van der Waals surface area contributed by atoms with Crippen molar-refractivity contribution in [1.29, 1.82) is 0 Å². The van der Waals surface area contributed by atoms with E-state index >= 15 is 0 Å². The van der Waals surface area contributed by atoms with Crippen molar-refractivity contribution in [2.75, 3.05) is 26.3 Å². The Balaban J connectivity index is 2.40. The van der Waals surface area contributed by atoms with Crippen LogP contribution in [0.25, 0.3) is 0 Å². The number of aliphatic hydroxyl groups is 2. The van der Waals surface area contributed by atoms with Crippen LogP contribution in [0.2, 0.25) is 0 Å². The summed E-state index contributed by atoms with van der Waals surface area (Å²) in [4.78, 5) is 12.4. The Morgan fingerprint density at radius 2 is 2.16 bits per heavy atom. The molecule has 0 radical (unpaired) electrons. The van der Waals surface area contributed by atoms with Gasteiger partial charge in [-0.1, -0.05) is 6.42 Å². The Morgan fingerprint density at radius 1 is 1.37 bits per heavy atom. The van der Waals surface area contributed by atoms with E-state index in [9.17, 15) is 15.0 Å². The molecule has 1 aliphatic rings. The first kappa shape index (κ1) is 16.6. The molecule has 0 aromatic rings. The van der Waals surface area contributed by atoms with Gasteiger partial charge in [-0.15, -0.1) is 0 Å². The minimum Gasteiger partial charge on any atom is -0.395 e. The van der Waals surface area contributed by atoms with E-state index < -0.39 is 6.10 Å². The fraction of sp³-hybridized carbons (Fsp3) is 0.929. The maximum Gasteiger partial charge on any atom is 0.119 e. The van der Waals surface area contributed by atoms with E-state index in [4.69, 9.17) is 4.74 Å². The maximum absolute atomic E-state index is 10.2. The van der Waals surface area contributed by atoms with Crippen LogP contribution in [-0.2, 0) is 9.53 Å². The second kappa shape index (κ2) is 9.42. The van der Waals surface area contributed by atoms with Gasteiger partial charge in [-0.2, -0.15) is 0 Å². The quantitative estimate of drug-likeness (QED) is 0.475. The summed E-state index contributed by atoms with van der Waals surface area (Å²) in [6.45, 7) is 4.14. The predicted molar refractivity (Wildman–Crippen MR) is 73.0 cm³/mol. The summed E-state index contributed by atoms with van der Waals surface area (Å²) < 4.78 is 5.58. The largest absolute Gasteiger partial charge is 0.395 e. The number of hydrogen-bond acceptors (Lipinski definition) is 5. The Labute approximate surface area is 115 Å². The van der Waals surface area contributed by atoms with Crippen LogP contribution in [0.5, 0.6) is 0 Å². The average molecular weight is 273 g/mol. The van der Waals surface area contributed by atoms with Crippen molar-refractivity contribution in [2.45, 2.75) is 57.3 Å². The third-order valence-corrected chi connectivity index (χ3v) is 3.75. The van der Waals surface area contributed by atoms with Gasteiger partial charge in [0.05, 0.1) is 18.8 Å². The van der Waals surface area contributed by atoms with Crippen LogP contribution in [0, 0.1) is 0 Å². The minimum absolute atomic E-state index is 0.00998. The number of aliphatic hydroxyl groups excluding tert-OH is 2. The SMILES string of the molecule is CCO[C@H]1[C@H](O)CCN(CCCCCC=O)[C@@H]1CO. The zero-order valence-corrected chi connectivity index (χ0v) is 11.8. The van der Waals surface area contributed by atoms with Gasteiger partial charge in [0.2, 0.25) is 0 Å². The van der Waals surface area contributed by atoms with Gasteiger partial charge in [0, 0.05) is 19.6 Å². The number of hydrogen-bond donors (Lipinski definition) is 2. The van der Waals surface area contributed by atoms with Crippen molar-refractivity contribution in [3.63, 3.8) is 0 Å². The molecule has 0 aromatic carbocycles. The zero-order chi connectivity index (χ0) is 14.1. The van der Waals surface area contributed by atoms with Gasteiger partial charge in [-0.05, 0) is 32.7 Å². The molecule has 1 saturated heterocycles. The van der Waals surface area contributed by atoms with Crippen LogP contribution in [0.4, 0.5) is 0 Å². The highest BCUT2D eigenvalue weighted by Crippen LogP contribution is 2.21. The number of ether oxygens (including phenoxy) is 1. The number of rotatable bonds is 9. The summed E-state index contributed by atoms with van der Waals surface area (Å²) in [6.07, 6.45) is 4.47. The van der Waals surface area contributed by atoms with Crippen molar-refractivity contribution in [1.82, 2.24) is 4.90 Å². The standard InChI is InChI=1S/C14H27NO4/c1-2-19-14-12(11-17)15(9-7-13(14)18)8-5-3-4-6-10-16/h10,12-14,17-18H,2-9,11H2,1H3/t12-,13-,14-/m1/s1. The van der Waals surface area contributed by atoms with Gasteiger partial charge in [0.1, 0.15) is 12.4 Å². The van der Waals surface area contributed by atoms with Crippen molar-refractivity contribution in [3.8, 4) is 0 Å². The van der Waals surface area contributed by atoms with Gasteiger partial charge in [-0.3, -0.25) is 4.90 Å². The first-order chi connectivity index (χ1) is 9.24. The fourth-order valence-corrected chi connectivity index (χ4v) is 2.72. The number of likely N-dealkylation sites (tertiary alicyclic amines) is 1. The molecule has 1 aliphatic heterocycles. The van der Waals surface area contributed by atoms with Crippen LogP contribution in [0.1, 0.15) is 39.0 Å². The third kappa shape index (κ3) is 5.18. The second-order valence-electron chi connectivity index (χ2n) is 5.08. The number of unbranched alkanes of at least 4 members (excludes halogenated alkanes) is 3. The monoisotopic (exact) mass is 273 g/mol. The molecule has 5 heteroatoms. The molecule has 0 saturated carbocycles. The number of carbonyl (C=O) groups excluding carboxylic acids is 1. The Hall–Kier alpha value is -0.490.